The number of carbonyl (C=O) groups excluding carboxylic acids is 3. The van der Waals surface area contributed by atoms with Crippen molar-refractivity contribution in [3.8, 4) is 5.75 Å². The van der Waals surface area contributed by atoms with Crippen LogP contribution in [0, 0.1) is 5.92 Å². The molecule has 7 heteroatoms. The Morgan fingerprint density at radius 1 is 1.21 bits per heavy atom. The van der Waals surface area contributed by atoms with Gasteiger partial charge in [-0.1, -0.05) is 25.5 Å². The summed E-state index contributed by atoms with van der Waals surface area (Å²) in [4.78, 5) is 42.1. The van der Waals surface area contributed by atoms with Crippen LogP contribution in [0.2, 0.25) is 0 Å². The van der Waals surface area contributed by atoms with Crippen molar-refractivity contribution in [2.75, 3.05) is 20.3 Å². The smallest absolute Gasteiger partial charge is 0.312 e. The molecule has 1 saturated heterocycles. The molecular weight excluding hydrogens is 372 g/mol. The summed E-state index contributed by atoms with van der Waals surface area (Å²) in [6.07, 6.45) is 3.51. The molecule has 1 N–H and O–H groups in total. The summed E-state index contributed by atoms with van der Waals surface area (Å²) in [6, 6.07) is 10.3. The maximum Gasteiger partial charge on any atom is 0.312 e. The summed E-state index contributed by atoms with van der Waals surface area (Å²) in [5.74, 6) is -0.857. The minimum absolute atomic E-state index is 0.0723. The Balaban J connectivity index is 1.77. The number of hydrogen-bond donors (Lipinski definition) is 1. The summed E-state index contributed by atoms with van der Waals surface area (Å²) < 4.78 is 10.5. The van der Waals surface area contributed by atoms with Crippen molar-refractivity contribution in [1.29, 1.82) is 0 Å². The quantitative estimate of drug-likeness (QED) is 0.518. The number of likely N-dealkylation sites (tertiary alicyclic amines) is 1. The number of Topliss-reactive ketones (excluding diaryl/α,β-unsaturated/α-hetero) is 1. The number of hydrogen-bond acceptors (Lipinski definition) is 5. The van der Waals surface area contributed by atoms with Crippen molar-refractivity contribution in [3.63, 3.8) is 0 Å². The number of aromatic nitrogens is 1. The van der Waals surface area contributed by atoms with Gasteiger partial charge in [0, 0.05) is 19.2 Å². The van der Waals surface area contributed by atoms with Crippen molar-refractivity contribution >= 4 is 17.7 Å². The van der Waals surface area contributed by atoms with Crippen LogP contribution in [-0.4, -0.2) is 47.8 Å². The fourth-order valence-corrected chi connectivity index (χ4v) is 3.63. The number of amides is 1. The SMILES string of the molecule is CCCCN1C(=O)C[C@H](C(=O)OCC(=O)c2ccc[nH]2)[C@@H]1c1ccc(OC)cc1. The largest absolute Gasteiger partial charge is 0.497 e. The average Bonchev–Trinajstić information content (AvgIpc) is 3.38. The van der Waals surface area contributed by atoms with E-state index in [4.69, 9.17) is 9.47 Å². The first-order chi connectivity index (χ1) is 14.0. The zero-order chi connectivity index (χ0) is 20.8. The van der Waals surface area contributed by atoms with Crippen LogP contribution in [0.4, 0.5) is 0 Å². The number of unbranched alkanes of at least 4 members (excludes halogenated alkanes) is 1. The van der Waals surface area contributed by atoms with Gasteiger partial charge in [0.2, 0.25) is 11.7 Å². The van der Waals surface area contributed by atoms with Crippen molar-refractivity contribution in [1.82, 2.24) is 9.88 Å². The lowest BCUT2D eigenvalue weighted by molar-refractivity contribution is -0.148. The van der Waals surface area contributed by atoms with Gasteiger partial charge in [-0.25, -0.2) is 0 Å². The van der Waals surface area contributed by atoms with Crippen LogP contribution in [0.25, 0.3) is 0 Å². The van der Waals surface area contributed by atoms with Crippen LogP contribution in [0.1, 0.15) is 48.3 Å². The van der Waals surface area contributed by atoms with Crippen LogP contribution in [-0.2, 0) is 14.3 Å². The summed E-state index contributed by atoms with van der Waals surface area (Å²) in [7, 11) is 1.59. The fraction of sp³-hybridized carbons (Fsp3) is 0.409. The Morgan fingerprint density at radius 2 is 1.97 bits per heavy atom. The van der Waals surface area contributed by atoms with E-state index in [1.807, 2.05) is 24.3 Å². The van der Waals surface area contributed by atoms with E-state index < -0.39 is 17.9 Å². The lowest BCUT2D eigenvalue weighted by Crippen LogP contribution is -2.32. The lowest BCUT2D eigenvalue weighted by Gasteiger charge is -2.28. The topological polar surface area (TPSA) is 88.7 Å². The minimum atomic E-state index is -0.649. The van der Waals surface area contributed by atoms with Gasteiger partial charge >= 0.3 is 5.97 Å². The molecule has 0 aliphatic carbocycles. The van der Waals surface area contributed by atoms with Gasteiger partial charge in [-0.15, -0.1) is 0 Å². The van der Waals surface area contributed by atoms with Crippen LogP contribution in [0.5, 0.6) is 5.75 Å². The Kier molecular flexibility index (Phi) is 6.69. The minimum Gasteiger partial charge on any atom is -0.497 e. The van der Waals surface area contributed by atoms with Gasteiger partial charge in [0.1, 0.15) is 5.75 Å². The van der Waals surface area contributed by atoms with Crippen LogP contribution in [0.15, 0.2) is 42.6 Å². The van der Waals surface area contributed by atoms with Gasteiger partial charge in [0.15, 0.2) is 6.61 Å². The first-order valence-electron chi connectivity index (χ1n) is 9.81. The van der Waals surface area contributed by atoms with E-state index in [0.717, 1.165) is 18.4 Å². The summed E-state index contributed by atoms with van der Waals surface area (Å²) in [5, 5.41) is 0. The van der Waals surface area contributed by atoms with E-state index >= 15 is 0 Å². The molecule has 0 spiro atoms. The molecular formula is C22H26N2O5. The number of ether oxygens (including phenoxy) is 2. The van der Waals surface area contributed by atoms with Crippen LogP contribution in [0.3, 0.4) is 0 Å². The molecule has 2 heterocycles. The normalized spacial score (nSPS) is 18.7. The fourth-order valence-electron chi connectivity index (χ4n) is 3.63. The highest BCUT2D eigenvalue weighted by Gasteiger charge is 2.45. The molecule has 0 radical (unpaired) electrons. The second kappa shape index (κ2) is 9.41. The molecule has 2 aromatic rings. The van der Waals surface area contributed by atoms with Gasteiger partial charge in [-0.2, -0.15) is 0 Å². The van der Waals surface area contributed by atoms with E-state index in [1.165, 1.54) is 0 Å². The van der Waals surface area contributed by atoms with E-state index in [1.54, 1.807) is 30.3 Å². The van der Waals surface area contributed by atoms with Crippen molar-refractivity contribution < 1.29 is 23.9 Å². The number of aromatic amines is 1. The third-order valence-corrected chi connectivity index (χ3v) is 5.19. The molecule has 0 bridgehead atoms. The second-order valence-electron chi connectivity index (χ2n) is 7.08. The van der Waals surface area contributed by atoms with Crippen molar-refractivity contribution in [3.05, 3.63) is 53.9 Å². The molecule has 1 aromatic heterocycles. The number of benzene rings is 1. The summed E-state index contributed by atoms with van der Waals surface area (Å²) in [5.41, 5.74) is 1.24. The zero-order valence-electron chi connectivity index (χ0n) is 16.7. The lowest BCUT2D eigenvalue weighted by atomic mass is 9.93. The molecule has 1 aliphatic rings. The Labute approximate surface area is 170 Å². The van der Waals surface area contributed by atoms with E-state index in [0.29, 0.717) is 18.0 Å². The number of nitrogens with one attached hydrogen (secondary N) is 1. The van der Waals surface area contributed by atoms with Gasteiger partial charge in [0.05, 0.1) is 24.8 Å². The Morgan fingerprint density at radius 3 is 2.59 bits per heavy atom. The molecule has 0 saturated carbocycles. The highest BCUT2D eigenvalue weighted by atomic mass is 16.5. The second-order valence-corrected chi connectivity index (χ2v) is 7.08. The van der Waals surface area contributed by atoms with E-state index in [9.17, 15) is 14.4 Å². The maximum atomic E-state index is 12.8. The molecule has 3 rings (SSSR count). The highest BCUT2D eigenvalue weighted by Crippen LogP contribution is 2.39. The number of ketones is 1. The standard InChI is InChI=1S/C22H26N2O5/c1-3-4-12-24-20(26)13-17(21(24)15-7-9-16(28-2)10-8-15)22(27)29-14-19(25)18-6-5-11-23-18/h5-11,17,21,23H,3-4,12-14H2,1-2H3/t17-,21-/m0/s1. The number of carbonyl (C=O) groups is 3. The van der Waals surface area contributed by atoms with E-state index in [-0.39, 0.29) is 24.7 Å². The van der Waals surface area contributed by atoms with Crippen molar-refractivity contribution in [2.24, 2.45) is 5.92 Å². The molecule has 154 valence electrons. The van der Waals surface area contributed by atoms with E-state index in [2.05, 4.69) is 11.9 Å². The molecule has 1 aromatic carbocycles. The van der Waals surface area contributed by atoms with Crippen molar-refractivity contribution in [2.45, 2.75) is 32.2 Å². The molecule has 7 nitrogen and oxygen atoms in total. The van der Waals surface area contributed by atoms with Gasteiger partial charge in [0.25, 0.3) is 0 Å². The Hall–Kier alpha value is -3.09. The molecule has 29 heavy (non-hydrogen) atoms. The number of methoxy groups -OCH3 is 1. The number of nitrogens with zero attached hydrogens (tertiary/aromatic N) is 1. The van der Waals surface area contributed by atoms with Crippen LogP contribution >= 0.6 is 0 Å². The third kappa shape index (κ3) is 4.67. The zero-order valence-corrected chi connectivity index (χ0v) is 16.7. The summed E-state index contributed by atoms with van der Waals surface area (Å²) >= 11 is 0. The molecule has 1 aliphatic heterocycles. The first-order valence-corrected chi connectivity index (χ1v) is 9.81. The maximum absolute atomic E-state index is 12.8. The molecule has 1 amide bonds. The Bertz CT molecular complexity index is 845. The first kappa shape index (κ1) is 20.6. The van der Waals surface area contributed by atoms with Gasteiger partial charge in [-0.3, -0.25) is 14.4 Å². The third-order valence-electron chi connectivity index (χ3n) is 5.19. The number of rotatable bonds is 9. The molecule has 0 unspecified atom stereocenters. The number of H-pyrrole nitrogens is 1. The number of esters is 1. The van der Waals surface area contributed by atoms with Gasteiger partial charge in [-0.05, 0) is 36.2 Å². The van der Waals surface area contributed by atoms with Gasteiger partial charge < -0.3 is 19.4 Å². The average molecular weight is 398 g/mol. The monoisotopic (exact) mass is 398 g/mol. The molecule has 1 fully saturated rings. The predicted octanol–water partition coefficient (Wildman–Crippen LogP) is 3.14. The molecule has 2 atom stereocenters. The predicted molar refractivity (Wildman–Crippen MR) is 107 cm³/mol. The highest BCUT2D eigenvalue weighted by molar-refractivity contribution is 5.97. The van der Waals surface area contributed by atoms with Crippen LogP contribution < -0.4 is 4.74 Å². The summed E-state index contributed by atoms with van der Waals surface area (Å²) in [6.45, 7) is 2.28.